The molecule has 5 rings (SSSR count). The molecule has 0 spiro atoms. The Morgan fingerprint density at radius 2 is 1.43 bits per heavy atom. The minimum Gasteiger partial charge on any atom is -0.453 e. The molecule has 4 atom stereocenters. The summed E-state index contributed by atoms with van der Waals surface area (Å²) in [5.74, 6) is -1.94. The van der Waals surface area contributed by atoms with Gasteiger partial charge < -0.3 is 19.7 Å². The van der Waals surface area contributed by atoms with E-state index in [1.165, 1.54) is 35.7 Å². The maximum Gasteiger partial charge on any atom is 0.410 e. The Morgan fingerprint density at radius 3 is 2.00 bits per heavy atom. The van der Waals surface area contributed by atoms with Crippen LogP contribution in [0.4, 0.5) is 18.4 Å². The number of carbonyl (C=O) groups excluding carboxylic acids is 3. The topological polar surface area (TPSA) is 122 Å². The Hall–Kier alpha value is -4.36. The molecule has 1 aliphatic heterocycles. The number of benzene rings is 3. The summed E-state index contributed by atoms with van der Waals surface area (Å²) >= 11 is 0. The highest BCUT2D eigenvalue weighted by molar-refractivity contribution is 7.89. The second-order valence-corrected chi connectivity index (χ2v) is 16.8. The molecule has 1 heterocycles. The van der Waals surface area contributed by atoms with Gasteiger partial charge in [-0.2, -0.15) is 4.31 Å². The molecule has 286 valence electrons. The second kappa shape index (κ2) is 17.2. The predicted octanol–water partition coefficient (Wildman–Crippen LogP) is 7.29. The number of ether oxygens (including phenoxy) is 2. The molecule has 10 nitrogen and oxygen atoms in total. The van der Waals surface area contributed by atoms with E-state index in [4.69, 9.17) is 9.47 Å². The average Bonchev–Trinajstić information content (AvgIpc) is 3.57. The Morgan fingerprint density at radius 1 is 0.849 bits per heavy atom. The lowest BCUT2D eigenvalue weighted by atomic mass is 9.79. The van der Waals surface area contributed by atoms with Crippen molar-refractivity contribution in [2.24, 2.45) is 11.8 Å². The number of nitrogens with zero attached hydrogens (tertiary/aromatic N) is 2. The van der Waals surface area contributed by atoms with Gasteiger partial charge in [0.15, 0.2) is 5.78 Å². The first-order valence-electron chi connectivity index (χ1n) is 18.1. The summed E-state index contributed by atoms with van der Waals surface area (Å²) < 4.78 is 67.8. The molecule has 0 bridgehead atoms. The number of carbonyl (C=O) groups is 3. The molecule has 2 aliphatic rings. The van der Waals surface area contributed by atoms with Crippen LogP contribution in [0.15, 0.2) is 83.8 Å². The molecular weight excluding hydrogens is 705 g/mol. The molecule has 3 aromatic rings. The third-order valence-corrected chi connectivity index (χ3v) is 12.1. The number of piperazine rings is 1. The number of nitrogens with one attached hydrogen (secondary N) is 1. The lowest BCUT2D eigenvalue weighted by molar-refractivity contribution is -0.122. The SMILES string of the molecule is COC(=O)N[C@H](C(=O)C[C@H]1CCCC1CC[C@H]1CN(C(=O)OC(C)(C)C)CCN1S(=O)(=O)c1ccccc1)C(c1ccc(F)cc1)c1ccc(F)cc1. The van der Waals surface area contributed by atoms with Gasteiger partial charge in [-0.3, -0.25) is 4.79 Å². The zero-order chi connectivity index (χ0) is 38.3. The highest BCUT2D eigenvalue weighted by Crippen LogP contribution is 2.40. The van der Waals surface area contributed by atoms with E-state index in [-0.39, 0.29) is 48.6 Å². The van der Waals surface area contributed by atoms with E-state index in [9.17, 15) is 31.6 Å². The number of ketones is 1. The summed E-state index contributed by atoms with van der Waals surface area (Å²) in [7, 11) is -2.67. The van der Waals surface area contributed by atoms with Crippen LogP contribution in [0.5, 0.6) is 0 Å². The van der Waals surface area contributed by atoms with Crippen molar-refractivity contribution in [1.29, 1.82) is 0 Å². The monoisotopic (exact) mass is 753 g/mol. The van der Waals surface area contributed by atoms with Gasteiger partial charge in [0.05, 0.1) is 12.0 Å². The molecule has 1 saturated carbocycles. The van der Waals surface area contributed by atoms with Crippen LogP contribution in [0.3, 0.4) is 0 Å². The number of rotatable bonds is 12. The summed E-state index contributed by atoms with van der Waals surface area (Å²) in [6.45, 7) is 5.82. The van der Waals surface area contributed by atoms with Crippen molar-refractivity contribution in [3.63, 3.8) is 0 Å². The van der Waals surface area contributed by atoms with Crippen LogP contribution in [0.1, 0.15) is 76.3 Å². The Labute approximate surface area is 310 Å². The Balaban J connectivity index is 1.37. The zero-order valence-electron chi connectivity index (χ0n) is 30.7. The number of halogens is 2. The molecule has 0 aromatic heterocycles. The van der Waals surface area contributed by atoms with E-state index in [1.54, 1.807) is 80.3 Å². The molecule has 3 aromatic carbocycles. The lowest BCUT2D eigenvalue weighted by Crippen LogP contribution is -2.57. The van der Waals surface area contributed by atoms with E-state index in [1.807, 2.05) is 0 Å². The molecule has 1 saturated heterocycles. The molecule has 1 N–H and O–H groups in total. The van der Waals surface area contributed by atoms with Crippen LogP contribution < -0.4 is 5.32 Å². The summed E-state index contributed by atoms with van der Waals surface area (Å²) in [5.41, 5.74) is 0.403. The van der Waals surface area contributed by atoms with Crippen molar-refractivity contribution in [2.45, 2.75) is 87.8 Å². The van der Waals surface area contributed by atoms with Crippen LogP contribution in [0.2, 0.25) is 0 Å². The number of sulfonamides is 1. The van der Waals surface area contributed by atoms with Gasteiger partial charge in [-0.05, 0) is 99.4 Å². The molecule has 13 heteroatoms. The number of amides is 2. The van der Waals surface area contributed by atoms with Gasteiger partial charge in [-0.25, -0.2) is 26.8 Å². The van der Waals surface area contributed by atoms with E-state index >= 15 is 0 Å². The largest absolute Gasteiger partial charge is 0.453 e. The molecule has 2 amide bonds. The predicted molar refractivity (Wildman–Crippen MR) is 196 cm³/mol. The Kier molecular flexibility index (Phi) is 12.9. The smallest absolute Gasteiger partial charge is 0.410 e. The number of hydrogen-bond donors (Lipinski definition) is 1. The highest BCUT2D eigenvalue weighted by Gasteiger charge is 2.41. The van der Waals surface area contributed by atoms with Crippen LogP contribution >= 0.6 is 0 Å². The summed E-state index contributed by atoms with van der Waals surface area (Å²) in [6.07, 6.45) is 2.35. The van der Waals surface area contributed by atoms with Crippen molar-refractivity contribution in [3.8, 4) is 0 Å². The minimum absolute atomic E-state index is 0.0590. The van der Waals surface area contributed by atoms with Gasteiger partial charge in [0.2, 0.25) is 10.0 Å². The molecular formula is C40H49F2N3O7S. The van der Waals surface area contributed by atoms with E-state index in [0.29, 0.717) is 24.0 Å². The van der Waals surface area contributed by atoms with Gasteiger partial charge in [0.1, 0.15) is 23.3 Å². The summed E-state index contributed by atoms with van der Waals surface area (Å²) in [6, 6.07) is 17.9. The highest BCUT2D eigenvalue weighted by atomic mass is 32.2. The maximum atomic E-state index is 14.3. The van der Waals surface area contributed by atoms with Gasteiger partial charge in [-0.1, -0.05) is 55.3 Å². The third-order valence-electron chi connectivity index (χ3n) is 10.2. The first-order chi connectivity index (χ1) is 25.2. The van der Waals surface area contributed by atoms with E-state index < -0.39 is 57.4 Å². The van der Waals surface area contributed by atoms with Gasteiger partial charge in [0, 0.05) is 38.0 Å². The fourth-order valence-electron chi connectivity index (χ4n) is 7.62. The van der Waals surface area contributed by atoms with Crippen molar-refractivity contribution in [3.05, 3.63) is 102 Å². The molecule has 53 heavy (non-hydrogen) atoms. The Bertz CT molecular complexity index is 1770. The van der Waals surface area contributed by atoms with Crippen LogP contribution in [-0.4, -0.2) is 80.0 Å². The lowest BCUT2D eigenvalue weighted by Gasteiger charge is -2.41. The van der Waals surface area contributed by atoms with Crippen molar-refractivity contribution in [2.75, 3.05) is 26.7 Å². The van der Waals surface area contributed by atoms with E-state index in [0.717, 1.165) is 19.3 Å². The van der Waals surface area contributed by atoms with Crippen molar-refractivity contribution < 1.29 is 41.1 Å². The number of alkyl carbamates (subject to hydrolysis) is 1. The standard InChI is InChI=1S/C40H49F2N3O7S/c1-40(2,3)52-39(48)44-23-24-45(53(49,50)34-11-6-5-7-12-34)33(26-44)22-17-27-9-8-10-30(27)25-35(46)37(43-38(47)51-4)36(28-13-18-31(41)19-14-28)29-15-20-32(42)21-16-29/h5-7,11-16,18-21,27,30,33,36-37H,8-10,17,22-26H2,1-4H3,(H,43,47)/t27?,30-,33+,37-/m1/s1. The second-order valence-electron chi connectivity index (χ2n) is 14.9. The van der Waals surface area contributed by atoms with Crippen LogP contribution in [-0.2, 0) is 24.3 Å². The normalized spacial score (nSPS) is 20.2. The summed E-state index contributed by atoms with van der Waals surface area (Å²) in [5, 5.41) is 2.71. The first-order valence-corrected chi connectivity index (χ1v) is 19.5. The molecule has 1 unspecified atom stereocenters. The van der Waals surface area contributed by atoms with E-state index in [2.05, 4.69) is 5.32 Å². The average molecular weight is 754 g/mol. The number of Topliss-reactive ketones (excluding diaryl/α,β-unsaturated/α-hetero) is 1. The zero-order valence-corrected chi connectivity index (χ0v) is 31.5. The third kappa shape index (κ3) is 10.2. The fraction of sp³-hybridized carbons (Fsp3) is 0.475. The minimum atomic E-state index is -3.87. The van der Waals surface area contributed by atoms with Crippen molar-refractivity contribution in [1.82, 2.24) is 14.5 Å². The molecule has 2 fully saturated rings. The number of hydrogen-bond acceptors (Lipinski definition) is 7. The maximum absolute atomic E-state index is 14.3. The molecule has 0 radical (unpaired) electrons. The number of methoxy groups -OCH3 is 1. The fourth-order valence-corrected chi connectivity index (χ4v) is 9.28. The van der Waals surface area contributed by atoms with Gasteiger partial charge in [-0.15, -0.1) is 0 Å². The first kappa shape index (κ1) is 39.8. The van der Waals surface area contributed by atoms with Crippen LogP contribution in [0.25, 0.3) is 0 Å². The quantitative estimate of drug-likeness (QED) is 0.206. The van der Waals surface area contributed by atoms with Crippen LogP contribution in [0, 0.1) is 23.5 Å². The van der Waals surface area contributed by atoms with Crippen molar-refractivity contribution >= 4 is 28.0 Å². The van der Waals surface area contributed by atoms with Gasteiger partial charge in [0.25, 0.3) is 0 Å². The van der Waals surface area contributed by atoms with Gasteiger partial charge >= 0.3 is 12.2 Å². The summed E-state index contributed by atoms with van der Waals surface area (Å²) in [4.78, 5) is 41.8. The molecule has 1 aliphatic carbocycles.